The van der Waals surface area contributed by atoms with Gasteiger partial charge < -0.3 is 5.73 Å². The summed E-state index contributed by atoms with van der Waals surface area (Å²) >= 11 is 0. The molecule has 0 atom stereocenters. The summed E-state index contributed by atoms with van der Waals surface area (Å²) in [5.41, 5.74) is 5.43. The fourth-order valence-corrected chi connectivity index (χ4v) is 3.14. The van der Waals surface area contributed by atoms with E-state index in [2.05, 4.69) is 0 Å². The summed E-state index contributed by atoms with van der Waals surface area (Å²) in [5, 5.41) is 0. The van der Waals surface area contributed by atoms with Crippen LogP contribution in [0.2, 0.25) is 0 Å². The van der Waals surface area contributed by atoms with Crippen LogP contribution in [-0.4, -0.2) is 36.6 Å². The number of hydrogen-bond acceptors (Lipinski definition) is 3. The Morgan fingerprint density at radius 1 is 1.33 bits per heavy atom. The summed E-state index contributed by atoms with van der Waals surface area (Å²) in [6.45, 7) is 6.37. The van der Waals surface area contributed by atoms with E-state index in [0.29, 0.717) is 13.1 Å². The lowest BCUT2D eigenvalue weighted by molar-refractivity contribution is 0.383. The molecular weight excluding hydrogens is 212 g/mol. The van der Waals surface area contributed by atoms with Gasteiger partial charge in [0.25, 0.3) is 0 Å². The van der Waals surface area contributed by atoms with Crippen LogP contribution in [0.5, 0.6) is 0 Å². The van der Waals surface area contributed by atoms with Crippen LogP contribution in [0, 0.1) is 0 Å². The molecule has 0 radical (unpaired) electrons. The predicted molar refractivity (Wildman–Crippen MR) is 62.1 cm³/mol. The van der Waals surface area contributed by atoms with Gasteiger partial charge in [-0.2, -0.15) is 4.31 Å². The van der Waals surface area contributed by atoms with Gasteiger partial charge in [-0.25, -0.2) is 8.42 Å². The van der Waals surface area contributed by atoms with Crippen molar-refractivity contribution in [3.8, 4) is 0 Å². The van der Waals surface area contributed by atoms with E-state index < -0.39 is 14.8 Å². The van der Waals surface area contributed by atoms with E-state index in [4.69, 9.17) is 5.73 Å². The van der Waals surface area contributed by atoms with E-state index in [1.807, 2.05) is 0 Å². The molecule has 0 unspecified atom stereocenters. The first kappa shape index (κ1) is 12.9. The van der Waals surface area contributed by atoms with Crippen LogP contribution in [0.3, 0.4) is 0 Å². The minimum absolute atomic E-state index is 0.237. The molecule has 0 saturated heterocycles. The molecule has 1 aliphatic rings. The second kappa shape index (κ2) is 4.39. The van der Waals surface area contributed by atoms with Crippen molar-refractivity contribution in [2.75, 3.05) is 13.1 Å². The number of nitrogens with zero attached hydrogens (tertiary/aromatic N) is 1. The van der Waals surface area contributed by atoms with Gasteiger partial charge in [-0.1, -0.05) is 0 Å². The third-order valence-corrected chi connectivity index (χ3v) is 5.27. The maximum atomic E-state index is 12.2. The zero-order valence-corrected chi connectivity index (χ0v) is 10.7. The Bertz CT molecular complexity index is 302. The monoisotopic (exact) mass is 234 g/mol. The molecule has 1 rings (SSSR count). The minimum Gasteiger partial charge on any atom is -0.330 e. The number of sulfonamides is 1. The molecule has 2 N–H and O–H groups in total. The van der Waals surface area contributed by atoms with Crippen molar-refractivity contribution >= 4 is 10.0 Å². The highest BCUT2D eigenvalue weighted by Gasteiger charge is 2.42. The third-order valence-electron chi connectivity index (χ3n) is 2.62. The van der Waals surface area contributed by atoms with E-state index in [-0.39, 0.29) is 6.04 Å². The molecule has 0 aromatic carbocycles. The molecular formula is C10H22N2O2S. The minimum atomic E-state index is -3.17. The van der Waals surface area contributed by atoms with Gasteiger partial charge in [0.1, 0.15) is 0 Å². The molecule has 5 heteroatoms. The lowest BCUT2D eigenvalue weighted by atomic mass is 10.3. The highest BCUT2D eigenvalue weighted by atomic mass is 32.2. The fraction of sp³-hybridized carbons (Fsp3) is 1.00. The van der Waals surface area contributed by atoms with Crippen molar-refractivity contribution in [1.29, 1.82) is 0 Å². The van der Waals surface area contributed by atoms with Gasteiger partial charge in [0, 0.05) is 12.6 Å². The SMILES string of the molecule is CC(C)(C)S(=O)(=O)N(CCCN)C1CC1. The Kier molecular flexibility index (Phi) is 3.79. The first-order valence-corrected chi connectivity index (χ1v) is 6.96. The Balaban J connectivity index is 2.79. The van der Waals surface area contributed by atoms with Crippen molar-refractivity contribution < 1.29 is 8.42 Å². The lowest BCUT2D eigenvalue weighted by Crippen LogP contribution is -2.44. The van der Waals surface area contributed by atoms with E-state index >= 15 is 0 Å². The zero-order chi connectivity index (χ0) is 11.7. The molecule has 1 saturated carbocycles. The number of rotatable bonds is 5. The van der Waals surface area contributed by atoms with Crippen LogP contribution < -0.4 is 5.73 Å². The van der Waals surface area contributed by atoms with Crippen molar-refractivity contribution in [3.63, 3.8) is 0 Å². The molecule has 90 valence electrons. The first-order valence-electron chi connectivity index (χ1n) is 5.52. The molecule has 1 aliphatic carbocycles. The summed E-state index contributed by atoms with van der Waals surface area (Å²) in [5.74, 6) is 0. The largest absolute Gasteiger partial charge is 0.330 e. The second-order valence-corrected chi connectivity index (χ2v) is 7.75. The molecule has 1 fully saturated rings. The van der Waals surface area contributed by atoms with Crippen LogP contribution in [0.1, 0.15) is 40.0 Å². The van der Waals surface area contributed by atoms with Crippen molar-refractivity contribution in [2.24, 2.45) is 5.73 Å². The zero-order valence-electron chi connectivity index (χ0n) is 9.86. The quantitative estimate of drug-likeness (QED) is 0.769. The van der Waals surface area contributed by atoms with E-state index in [1.165, 1.54) is 0 Å². The molecule has 0 spiro atoms. The maximum absolute atomic E-state index is 12.2. The van der Waals surface area contributed by atoms with Crippen molar-refractivity contribution in [1.82, 2.24) is 4.31 Å². The van der Waals surface area contributed by atoms with Gasteiger partial charge in [0.15, 0.2) is 0 Å². The summed E-state index contributed by atoms with van der Waals surface area (Å²) in [7, 11) is -3.17. The van der Waals surface area contributed by atoms with E-state index in [0.717, 1.165) is 19.3 Å². The molecule has 15 heavy (non-hydrogen) atoms. The average molecular weight is 234 g/mol. The second-order valence-electron chi connectivity index (χ2n) is 5.10. The van der Waals surface area contributed by atoms with Gasteiger partial charge in [0.05, 0.1) is 4.75 Å². The summed E-state index contributed by atoms with van der Waals surface area (Å²) < 4.78 is 25.4. The summed E-state index contributed by atoms with van der Waals surface area (Å²) in [4.78, 5) is 0. The van der Waals surface area contributed by atoms with Gasteiger partial charge >= 0.3 is 0 Å². The standard InChI is InChI=1S/C10H22N2O2S/c1-10(2,3)15(13,14)12(8-4-7-11)9-5-6-9/h9H,4-8,11H2,1-3H3. The Hall–Kier alpha value is -0.130. The number of hydrogen-bond donors (Lipinski definition) is 1. The molecule has 0 aliphatic heterocycles. The fourth-order valence-electron chi connectivity index (χ4n) is 1.46. The van der Waals surface area contributed by atoms with Gasteiger partial charge in [-0.3, -0.25) is 0 Å². The van der Waals surface area contributed by atoms with Crippen LogP contribution >= 0.6 is 0 Å². The molecule has 0 aromatic heterocycles. The molecule has 0 bridgehead atoms. The highest BCUT2D eigenvalue weighted by molar-refractivity contribution is 7.90. The van der Waals surface area contributed by atoms with Crippen LogP contribution in [0.15, 0.2) is 0 Å². The van der Waals surface area contributed by atoms with Gasteiger partial charge in [0.2, 0.25) is 10.0 Å². The Labute approximate surface area is 92.9 Å². The molecule has 0 aromatic rings. The topological polar surface area (TPSA) is 63.4 Å². The van der Waals surface area contributed by atoms with Gasteiger partial charge in [-0.05, 0) is 46.6 Å². The molecule has 0 amide bonds. The predicted octanol–water partition coefficient (Wildman–Crippen LogP) is 0.928. The lowest BCUT2D eigenvalue weighted by Gasteiger charge is -2.29. The van der Waals surface area contributed by atoms with Crippen molar-refractivity contribution in [3.05, 3.63) is 0 Å². The third kappa shape index (κ3) is 2.92. The highest BCUT2D eigenvalue weighted by Crippen LogP contribution is 2.33. The first-order chi connectivity index (χ1) is 6.80. The van der Waals surface area contributed by atoms with Gasteiger partial charge in [-0.15, -0.1) is 0 Å². The molecule has 0 heterocycles. The maximum Gasteiger partial charge on any atom is 0.219 e. The van der Waals surface area contributed by atoms with Crippen LogP contribution in [-0.2, 0) is 10.0 Å². The van der Waals surface area contributed by atoms with E-state index in [9.17, 15) is 8.42 Å². The molecule has 4 nitrogen and oxygen atoms in total. The van der Waals surface area contributed by atoms with Crippen LogP contribution in [0.4, 0.5) is 0 Å². The van der Waals surface area contributed by atoms with E-state index in [1.54, 1.807) is 25.1 Å². The average Bonchev–Trinajstić information content (AvgIpc) is 2.86. The Morgan fingerprint density at radius 2 is 1.87 bits per heavy atom. The van der Waals surface area contributed by atoms with Crippen LogP contribution in [0.25, 0.3) is 0 Å². The van der Waals surface area contributed by atoms with Crippen molar-refractivity contribution in [2.45, 2.75) is 50.8 Å². The Morgan fingerprint density at radius 3 is 2.20 bits per heavy atom. The smallest absolute Gasteiger partial charge is 0.219 e. The summed E-state index contributed by atoms with van der Waals surface area (Å²) in [6.07, 6.45) is 2.74. The normalized spacial score (nSPS) is 18.5. The summed E-state index contributed by atoms with van der Waals surface area (Å²) in [6, 6.07) is 0.237. The number of nitrogens with two attached hydrogens (primary N) is 1.